The summed E-state index contributed by atoms with van der Waals surface area (Å²) in [5.74, 6) is -0.801. The van der Waals surface area contributed by atoms with Crippen molar-refractivity contribution in [2.24, 2.45) is 4.99 Å². The number of anilines is 1. The Balaban J connectivity index is 1.12. The number of hydrogen-bond donors (Lipinski definition) is 3. The van der Waals surface area contributed by atoms with Crippen molar-refractivity contribution in [1.29, 1.82) is 0 Å². The van der Waals surface area contributed by atoms with Crippen LogP contribution < -0.4 is 16.0 Å². The summed E-state index contributed by atoms with van der Waals surface area (Å²) in [5.41, 5.74) is 6.39. The van der Waals surface area contributed by atoms with Crippen molar-refractivity contribution < 1.29 is 19.1 Å². The normalized spacial score (nSPS) is 17.8. The summed E-state index contributed by atoms with van der Waals surface area (Å²) in [5, 5.41) is 10.5. The number of fused-ring (bicyclic) bond motifs is 1. The summed E-state index contributed by atoms with van der Waals surface area (Å²) in [4.78, 5) is 31.4. The highest BCUT2D eigenvalue weighted by atomic mass is 35.5. The number of halogens is 2. The summed E-state index contributed by atoms with van der Waals surface area (Å²) in [6.45, 7) is 1.19. The maximum absolute atomic E-state index is 14.0. The Bertz CT molecular complexity index is 1700. The molecular formula is C37H36Cl2N4O4. The van der Waals surface area contributed by atoms with Crippen molar-refractivity contribution in [2.45, 2.75) is 43.4 Å². The molecule has 0 spiro atoms. The quantitative estimate of drug-likeness (QED) is 0.167. The number of ether oxygens (including phenoxy) is 2. The fourth-order valence-electron chi connectivity index (χ4n) is 6.21. The van der Waals surface area contributed by atoms with E-state index in [2.05, 4.69) is 16.0 Å². The highest BCUT2D eigenvalue weighted by Crippen LogP contribution is 2.35. The molecule has 6 rings (SSSR count). The Hall–Kier alpha value is -4.21. The lowest BCUT2D eigenvalue weighted by molar-refractivity contribution is -0.118. The predicted molar refractivity (Wildman–Crippen MR) is 186 cm³/mol. The zero-order valence-corrected chi connectivity index (χ0v) is 27.4. The van der Waals surface area contributed by atoms with Crippen molar-refractivity contribution >= 4 is 52.3 Å². The van der Waals surface area contributed by atoms with Gasteiger partial charge in [0.1, 0.15) is 6.04 Å². The molecule has 8 nitrogen and oxygen atoms in total. The highest BCUT2D eigenvalue weighted by Gasteiger charge is 2.33. The van der Waals surface area contributed by atoms with Gasteiger partial charge < -0.3 is 25.4 Å². The number of amides is 2. The fraction of sp³-hybridized carbons (Fsp3) is 0.270. The Morgan fingerprint density at radius 3 is 2.28 bits per heavy atom. The van der Waals surface area contributed by atoms with E-state index in [1.165, 1.54) is 7.11 Å². The topological polar surface area (TPSA) is 101 Å². The smallest absolute Gasteiger partial charge is 0.407 e. The Kier molecular flexibility index (Phi) is 10.5. The molecule has 3 N–H and O–H groups in total. The van der Waals surface area contributed by atoms with E-state index in [4.69, 9.17) is 37.7 Å². The third-order valence-electron chi connectivity index (χ3n) is 8.65. The van der Waals surface area contributed by atoms with Gasteiger partial charge in [-0.3, -0.25) is 9.79 Å². The molecule has 2 amide bonds. The van der Waals surface area contributed by atoms with E-state index in [9.17, 15) is 9.59 Å². The van der Waals surface area contributed by atoms with Crippen LogP contribution in [0.2, 0.25) is 10.0 Å². The number of nitrogens with one attached hydrogen (secondary N) is 3. The first-order valence-corrected chi connectivity index (χ1v) is 16.4. The summed E-state index contributed by atoms with van der Waals surface area (Å²) in [7, 11) is 1.29. The lowest BCUT2D eigenvalue weighted by Gasteiger charge is -2.31. The molecule has 242 valence electrons. The van der Waals surface area contributed by atoms with Crippen molar-refractivity contribution in [1.82, 2.24) is 10.6 Å². The van der Waals surface area contributed by atoms with Gasteiger partial charge in [0.05, 0.1) is 41.6 Å². The molecule has 47 heavy (non-hydrogen) atoms. The van der Waals surface area contributed by atoms with Gasteiger partial charge in [-0.25, -0.2) is 4.79 Å². The molecule has 2 aliphatic heterocycles. The van der Waals surface area contributed by atoms with Crippen LogP contribution in [0.1, 0.15) is 34.6 Å². The minimum absolute atomic E-state index is 0.00226. The Morgan fingerprint density at radius 2 is 1.62 bits per heavy atom. The molecule has 0 aliphatic carbocycles. The number of para-hydroxylation sites is 1. The van der Waals surface area contributed by atoms with Crippen molar-refractivity contribution in [3.63, 3.8) is 0 Å². The number of morpholine rings is 1. The van der Waals surface area contributed by atoms with Crippen LogP contribution in [0.15, 0.2) is 102 Å². The third kappa shape index (κ3) is 7.85. The highest BCUT2D eigenvalue weighted by molar-refractivity contribution is 6.42. The molecule has 3 atom stereocenters. The molecule has 0 bridgehead atoms. The average molecular weight is 672 g/mol. The number of methoxy groups -OCH3 is 1. The lowest BCUT2D eigenvalue weighted by atomic mass is 9.84. The number of hydrogen-bond acceptors (Lipinski definition) is 6. The molecule has 4 aromatic carbocycles. The van der Waals surface area contributed by atoms with Crippen LogP contribution in [-0.4, -0.2) is 56.2 Å². The second kappa shape index (κ2) is 15.1. The van der Waals surface area contributed by atoms with E-state index in [1.807, 2.05) is 97.1 Å². The van der Waals surface area contributed by atoms with E-state index in [0.29, 0.717) is 41.7 Å². The van der Waals surface area contributed by atoms with Gasteiger partial charge in [0, 0.05) is 30.3 Å². The largest absolute Gasteiger partial charge is 0.453 e. The van der Waals surface area contributed by atoms with Crippen LogP contribution in [0.25, 0.3) is 0 Å². The lowest BCUT2D eigenvalue weighted by Crippen LogP contribution is -2.50. The van der Waals surface area contributed by atoms with Crippen molar-refractivity contribution in [3.8, 4) is 0 Å². The molecule has 4 aromatic rings. The standard InChI is InChI=1S/C37H36Cl2N4O4/c1-46-37(45)43-35(34(24-11-4-2-5-12-24)25-13-6-3-7-14-25)36(44)42-30-15-9-8-10-23(30)16-17-27-21-40-33(22-47-27)32-19-26-18-28(38)29(39)20-31(26)41-32/h2-15,18,20,27,33-35,40H,16-17,19,21-22H2,1H3,(H,42,44)(H,43,45)/t27-,33+,35+/m1/s1. The minimum atomic E-state index is -0.945. The van der Waals surface area contributed by atoms with Gasteiger partial charge in [-0.05, 0) is 53.3 Å². The van der Waals surface area contributed by atoms with Gasteiger partial charge in [0.15, 0.2) is 0 Å². The first-order valence-electron chi connectivity index (χ1n) is 15.6. The summed E-state index contributed by atoms with van der Waals surface area (Å²) < 4.78 is 11.2. The molecular weight excluding hydrogens is 635 g/mol. The van der Waals surface area contributed by atoms with Gasteiger partial charge in [0.2, 0.25) is 5.91 Å². The van der Waals surface area contributed by atoms with Crippen LogP contribution in [0, 0.1) is 0 Å². The number of aliphatic imine (C=N–C) groups is 1. The predicted octanol–water partition coefficient (Wildman–Crippen LogP) is 7.11. The number of alkyl carbamates (subject to hydrolysis) is 1. The maximum atomic E-state index is 14.0. The van der Waals surface area contributed by atoms with E-state index < -0.39 is 18.1 Å². The van der Waals surface area contributed by atoms with Gasteiger partial charge in [-0.2, -0.15) is 0 Å². The number of nitrogens with zero attached hydrogens (tertiary/aromatic N) is 1. The van der Waals surface area contributed by atoms with Gasteiger partial charge in [-0.15, -0.1) is 0 Å². The van der Waals surface area contributed by atoms with Crippen LogP contribution in [0.4, 0.5) is 16.2 Å². The van der Waals surface area contributed by atoms with Crippen molar-refractivity contribution in [3.05, 3.63) is 129 Å². The van der Waals surface area contributed by atoms with Gasteiger partial charge in [0.25, 0.3) is 0 Å². The van der Waals surface area contributed by atoms with Crippen LogP contribution in [0.3, 0.4) is 0 Å². The number of carbonyl (C=O) groups is 2. The summed E-state index contributed by atoms with van der Waals surface area (Å²) >= 11 is 12.4. The molecule has 0 radical (unpaired) electrons. The molecule has 0 unspecified atom stereocenters. The van der Waals surface area contributed by atoms with E-state index in [-0.39, 0.29) is 18.1 Å². The van der Waals surface area contributed by atoms with Crippen LogP contribution >= 0.6 is 23.2 Å². The van der Waals surface area contributed by atoms with Gasteiger partial charge in [-0.1, -0.05) is 102 Å². The number of rotatable bonds is 10. The van der Waals surface area contributed by atoms with Gasteiger partial charge >= 0.3 is 6.09 Å². The second-order valence-electron chi connectivity index (χ2n) is 11.7. The zero-order valence-electron chi connectivity index (χ0n) is 25.9. The van der Waals surface area contributed by atoms with E-state index in [1.54, 1.807) is 0 Å². The maximum Gasteiger partial charge on any atom is 0.407 e. The van der Waals surface area contributed by atoms with Crippen LogP contribution in [0.5, 0.6) is 0 Å². The van der Waals surface area contributed by atoms with Crippen LogP contribution in [-0.2, 0) is 27.1 Å². The molecule has 0 saturated carbocycles. The van der Waals surface area contributed by atoms with E-state index >= 15 is 0 Å². The number of aryl methyl sites for hydroxylation is 1. The molecule has 2 heterocycles. The Morgan fingerprint density at radius 1 is 0.957 bits per heavy atom. The summed E-state index contributed by atoms with van der Waals surface area (Å²) in [6, 6.07) is 29.8. The van der Waals surface area contributed by atoms with E-state index in [0.717, 1.165) is 40.1 Å². The number of benzene rings is 4. The summed E-state index contributed by atoms with van der Waals surface area (Å²) in [6.07, 6.45) is 1.47. The molecule has 1 saturated heterocycles. The SMILES string of the molecule is COC(=O)N[C@H](C(=O)Nc1ccccc1CC[C@@H]1CN[C@H](C2=Nc3cc(Cl)c(Cl)cc3C2)CO1)C(c1ccccc1)c1ccccc1. The average Bonchev–Trinajstić information content (AvgIpc) is 3.51. The minimum Gasteiger partial charge on any atom is -0.453 e. The first kappa shape index (κ1) is 32.7. The second-order valence-corrected chi connectivity index (χ2v) is 12.5. The third-order valence-corrected chi connectivity index (χ3v) is 9.37. The zero-order chi connectivity index (χ0) is 32.8. The number of carbonyl (C=O) groups excluding carboxylic acids is 2. The molecule has 10 heteroatoms. The first-order chi connectivity index (χ1) is 22.9. The fourth-order valence-corrected chi connectivity index (χ4v) is 6.55. The van der Waals surface area contributed by atoms with Crippen molar-refractivity contribution in [2.75, 3.05) is 25.6 Å². The molecule has 1 fully saturated rings. The molecule has 0 aromatic heterocycles. The monoisotopic (exact) mass is 670 g/mol. The molecule has 2 aliphatic rings. The Labute approximate surface area is 284 Å².